The molecule has 0 bridgehead atoms. The SMILES string of the molecule is COc1cc(C(C)=O)ccc1OC(=O)/C=C/c1ccccc1. The second kappa shape index (κ2) is 7.22. The monoisotopic (exact) mass is 296 g/mol. The summed E-state index contributed by atoms with van der Waals surface area (Å²) in [5, 5.41) is 0. The lowest BCUT2D eigenvalue weighted by Crippen LogP contribution is -2.05. The van der Waals surface area contributed by atoms with Crippen LogP contribution in [-0.4, -0.2) is 18.9 Å². The van der Waals surface area contributed by atoms with E-state index < -0.39 is 5.97 Å². The predicted molar refractivity (Wildman–Crippen MR) is 84.1 cm³/mol. The van der Waals surface area contributed by atoms with Gasteiger partial charge in [-0.2, -0.15) is 0 Å². The Morgan fingerprint density at radius 1 is 1.00 bits per heavy atom. The molecule has 2 aromatic rings. The molecule has 0 radical (unpaired) electrons. The zero-order chi connectivity index (χ0) is 15.9. The fourth-order valence-corrected chi connectivity index (χ4v) is 1.84. The molecular formula is C18H16O4. The van der Waals surface area contributed by atoms with E-state index in [1.165, 1.54) is 20.1 Å². The minimum absolute atomic E-state index is 0.0832. The number of ether oxygens (including phenoxy) is 2. The summed E-state index contributed by atoms with van der Waals surface area (Å²) in [6.45, 7) is 1.46. The van der Waals surface area contributed by atoms with E-state index in [4.69, 9.17) is 9.47 Å². The van der Waals surface area contributed by atoms with Crippen molar-refractivity contribution in [2.75, 3.05) is 7.11 Å². The Morgan fingerprint density at radius 2 is 1.73 bits per heavy atom. The molecule has 0 aliphatic carbocycles. The van der Waals surface area contributed by atoms with Crippen molar-refractivity contribution in [2.45, 2.75) is 6.92 Å². The van der Waals surface area contributed by atoms with E-state index in [1.807, 2.05) is 30.3 Å². The zero-order valence-electron chi connectivity index (χ0n) is 12.4. The van der Waals surface area contributed by atoms with Crippen molar-refractivity contribution in [3.8, 4) is 11.5 Å². The van der Waals surface area contributed by atoms with Crippen LogP contribution in [0.25, 0.3) is 6.08 Å². The minimum atomic E-state index is -0.516. The third-order valence-electron chi connectivity index (χ3n) is 2.99. The van der Waals surface area contributed by atoms with Gasteiger partial charge in [0.05, 0.1) is 7.11 Å². The van der Waals surface area contributed by atoms with Crippen molar-refractivity contribution >= 4 is 17.8 Å². The summed E-state index contributed by atoms with van der Waals surface area (Å²) in [5.41, 5.74) is 1.40. The van der Waals surface area contributed by atoms with E-state index in [0.717, 1.165) is 5.56 Å². The number of carbonyl (C=O) groups excluding carboxylic acids is 2. The van der Waals surface area contributed by atoms with Crippen LogP contribution in [0, 0.1) is 0 Å². The normalized spacial score (nSPS) is 10.5. The molecule has 0 aliphatic rings. The highest BCUT2D eigenvalue weighted by atomic mass is 16.6. The summed E-state index contributed by atoms with van der Waals surface area (Å²) >= 11 is 0. The predicted octanol–water partition coefficient (Wildman–Crippen LogP) is 3.52. The van der Waals surface area contributed by atoms with Gasteiger partial charge in [0.2, 0.25) is 0 Å². The first kappa shape index (κ1) is 15.5. The van der Waals surface area contributed by atoms with Gasteiger partial charge in [-0.15, -0.1) is 0 Å². The highest BCUT2D eigenvalue weighted by Gasteiger charge is 2.10. The van der Waals surface area contributed by atoms with Crippen molar-refractivity contribution < 1.29 is 19.1 Å². The highest BCUT2D eigenvalue weighted by molar-refractivity contribution is 5.95. The number of methoxy groups -OCH3 is 1. The van der Waals surface area contributed by atoms with Gasteiger partial charge in [0, 0.05) is 11.6 Å². The largest absolute Gasteiger partial charge is 0.493 e. The van der Waals surface area contributed by atoms with E-state index in [2.05, 4.69) is 0 Å². The minimum Gasteiger partial charge on any atom is -0.493 e. The first-order valence-electron chi connectivity index (χ1n) is 6.74. The van der Waals surface area contributed by atoms with Crippen molar-refractivity contribution in [1.29, 1.82) is 0 Å². The number of benzene rings is 2. The van der Waals surface area contributed by atoms with E-state index in [9.17, 15) is 9.59 Å². The van der Waals surface area contributed by atoms with Gasteiger partial charge in [-0.3, -0.25) is 4.79 Å². The van der Waals surface area contributed by atoms with Gasteiger partial charge in [-0.25, -0.2) is 4.79 Å². The number of ketones is 1. The maximum absolute atomic E-state index is 11.8. The first-order valence-corrected chi connectivity index (χ1v) is 6.74. The van der Waals surface area contributed by atoms with Crippen LogP contribution in [0.3, 0.4) is 0 Å². The summed E-state index contributed by atoms with van der Waals surface area (Å²) in [6, 6.07) is 14.1. The summed E-state index contributed by atoms with van der Waals surface area (Å²) in [5.74, 6) is 0.0160. The summed E-state index contributed by atoms with van der Waals surface area (Å²) in [7, 11) is 1.45. The maximum Gasteiger partial charge on any atom is 0.336 e. The second-order valence-electron chi connectivity index (χ2n) is 4.59. The second-order valence-corrected chi connectivity index (χ2v) is 4.59. The molecule has 2 rings (SSSR count). The lowest BCUT2D eigenvalue weighted by atomic mass is 10.1. The number of rotatable bonds is 5. The molecular weight excluding hydrogens is 280 g/mol. The number of carbonyl (C=O) groups is 2. The van der Waals surface area contributed by atoms with Gasteiger partial charge in [0.1, 0.15) is 0 Å². The van der Waals surface area contributed by atoms with Crippen LogP contribution in [0.5, 0.6) is 11.5 Å². The Hall–Kier alpha value is -2.88. The van der Waals surface area contributed by atoms with Gasteiger partial charge in [-0.05, 0) is 36.8 Å². The smallest absolute Gasteiger partial charge is 0.336 e. The van der Waals surface area contributed by atoms with Crippen LogP contribution in [0.4, 0.5) is 0 Å². The average Bonchev–Trinajstić information content (AvgIpc) is 2.54. The molecule has 0 aliphatic heterocycles. The van der Waals surface area contributed by atoms with Gasteiger partial charge in [0.25, 0.3) is 0 Å². The Labute approximate surface area is 129 Å². The summed E-state index contributed by atoms with van der Waals surface area (Å²) in [4.78, 5) is 23.2. The van der Waals surface area contributed by atoms with E-state index in [-0.39, 0.29) is 11.5 Å². The topological polar surface area (TPSA) is 52.6 Å². The molecule has 0 fully saturated rings. The molecule has 0 atom stereocenters. The Morgan fingerprint density at radius 3 is 2.36 bits per heavy atom. The number of esters is 1. The molecule has 4 nitrogen and oxygen atoms in total. The van der Waals surface area contributed by atoms with Crippen LogP contribution >= 0.6 is 0 Å². The Kier molecular flexibility index (Phi) is 5.09. The molecule has 0 amide bonds. The third-order valence-corrected chi connectivity index (χ3v) is 2.99. The van der Waals surface area contributed by atoms with E-state index in [1.54, 1.807) is 24.3 Å². The highest BCUT2D eigenvalue weighted by Crippen LogP contribution is 2.28. The standard InChI is InChI=1S/C18H16O4/c1-13(19)15-9-10-16(17(12-15)21-2)22-18(20)11-8-14-6-4-3-5-7-14/h3-12H,1-2H3/b11-8+. The molecule has 22 heavy (non-hydrogen) atoms. The van der Waals surface area contributed by atoms with Crippen LogP contribution < -0.4 is 9.47 Å². The quantitative estimate of drug-likeness (QED) is 0.367. The third kappa shape index (κ3) is 4.06. The maximum atomic E-state index is 11.8. The molecule has 0 saturated heterocycles. The van der Waals surface area contributed by atoms with Gasteiger partial charge in [0.15, 0.2) is 17.3 Å². The molecule has 4 heteroatoms. The van der Waals surface area contributed by atoms with E-state index in [0.29, 0.717) is 11.3 Å². The van der Waals surface area contributed by atoms with Crippen molar-refractivity contribution in [3.63, 3.8) is 0 Å². The number of Topliss-reactive ketones (excluding diaryl/α,β-unsaturated/α-hetero) is 1. The molecule has 112 valence electrons. The van der Waals surface area contributed by atoms with Crippen molar-refractivity contribution in [3.05, 3.63) is 65.7 Å². The lowest BCUT2D eigenvalue weighted by Gasteiger charge is -2.08. The van der Waals surface area contributed by atoms with E-state index >= 15 is 0 Å². The molecule has 0 aromatic heterocycles. The first-order chi connectivity index (χ1) is 10.6. The number of hydrogen-bond acceptors (Lipinski definition) is 4. The molecule has 0 N–H and O–H groups in total. The Bertz CT molecular complexity index is 702. The molecule has 0 saturated carbocycles. The number of hydrogen-bond donors (Lipinski definition) is 0. The Balaban J connectivity index is 2.11. The van der Waals surface area contributed by atoms with Crippen LogP contribution in [-0.2, 0) is 4.79 Å². The lowest BCUT2D eigenvalue weighted by molar-refractivity contribution is -0.129. The van der Waals surface area contributed by atoms with Gasteiger partial charge < -0.3 is 9.47 Å². The molecule has 2 aromatic carbocycles. The molecule has 0 spiro atoms. The fourth-order valence-electron chi connectivity index (χ4n) is 1.84. The average molecular weight is 296 g/mol. The molecule has 0 heterocycles. The zero-order valence-corrected chi connectivity index (χ0v) is 12.4. The van der Waals surface area contributed by atoms with Crippen LogP contribution in [0.2, 0.25) is 0 Å². The summed E-state index contributed by atoms with van der Waals surface area (Å²) < 4.78 is 10.4. The van der Waals surface area contributed by atoms with Crippen LogP contribution in [0.1, 0.15) is 22.8 Å². The fraction of sp³-hybridized carbons (Fsp3) is 0.111. The van der Waals surface area contributed by atoms with Crippen molar-refractivity contribution in [2.24, 2.45) is 0 Å². The van der Waals surface area contributed by atoms with Crippen molar-refractivity contribution in [1.82, 2.24) is 0 Å². The van der Waals surface area contributed by atoms with Gasteiger partial charge >= 0.3 is 5.97 Å². The summed E-state index contributed by atoms with van der Waals surface area (Å²) in [6.07, 6.45) is 3.01. The molecule has 0 unspecified atom stereocenters. The van der Waals surface area contributed by atoms with Crippen LogP contribution in [0.15, 0.2) is 54.6 Å². The van der Waals surface area contributed by atoms with Gasteiger partial charge in [-0.1, -0.05) is 30.3 Å².